The Morgan fingerprint density at radius 2 is 1.88 bits per heavy atom. The van der Waals surface area contributed by atoms with Gasteiger partial charge in [0.25, 0.3) is 5.91 Å². The van der Waals surface area contributed by atoms with Crippen LogP contribution in [0.15, 0.2) is 29.2 Å². The molecule has 1 aliphatic heterocycles. The summed E-state index contributed by atoms with van der Waals surface area (Å²) in [6, 6.07) is 4.49. The van der Waals surface area contributed by atoms with Crippen LogP contribution in [-0.2, 0) is 19.6 Å². The van der Waals surface area contributed by atoms with Crippen molar-refractivity contribution in [3.8, 4) is 0 Å². The summed E-state index contributed by atoms with van der Waals surface area (Å²) < 4.78 is 32.5. The molecule has 2 N–H and O–H groups in total. The molecular weight excluding hydrogens is 348 g/mol. The first-order valence-corrected chi connectivity index (χ1v) is 9.34. The Morgan fingerprint density at radius 3 is 2.44 bits per heavy atom. The maximum absolute atomic E-state index is 12.8. The first-order chi connectivity index (χ1) is 11.6. The normalized spacial score (nSPS) is 23.0. The van der Waals surface area contributed by atoms with Gasteiger partial charge in [-0.25, -0.2) is 8.42 Å². The van der Waals surface area contributed by atoms with E-state index in [1.165, 1.54) is 35.5 Å². The number of aliphatic carboxylic acids is 1. The van der Waals surface area contributed by atoms with E-state index in [-0.39, 0.29) is 35.8 Å². The average molecular weight is 370 g/mol. The fourth-order valence-electron chi connectivity index (χ4n) is 2.62. The van der Waals surface area contributed by atoms with E-state index in [1.54, 1.807) is 13.8 Å². The van der Waals surface area contributed by atoms with E-state index in [0.29, 0.717) is 0 Å². The van der Waals surface area contributed by atoms with E-state index < -0.39 is 27.9 Å². The number of sulfonamides is 1. The third kappa shape index (κ3) is 4.56. The number of morpholine rings is 1. The summed E-state index contributed by atoms with van der Waals surface area (Å²) in [5.74, 6) is -1.82. The number of nitrogens with zero attached hydrogens (tertiary/aromatic N) is 1. The van der Waals surface area contributed by atoms with E-state index in [1.807, 2.05) is 0 Å². The van der Waals surface area contributed by atoms with E-state index in [9.17, 15) is 18.0 Å². The van der Waals surface area contributed by atoms with Crippen molar-refractivity contribution < 1.29 is 27.9 Å². The van der Waals surface area contributed by atoms with Gasteiger partial charge in [-0.05, 0) is 39.0 Å². The van der Waals surface area contributed by atoms with Crippen LogP contribution in [-0.4, -0.2) is 61.0 Å². The summed E-state index contributed by atoms with van der Waals surface area (Å²) in [7, 11) is -3.77. The van der Waals surface area contributed by atoms with E-state index in [0.717, 1.165) is 0 Å². The van der Waals surface area contributed by atoms with Crippen LogP contribution in [0.2, 0.25) is 0 Å². The standard InChI is InChI=1S/C16H22N2O6S/c1-10-8-18(9-11(2)24-10)25(22,23)14-6-4-5-13(7-14)15(19)17-12(3)16(20)21/h4-7,10-12H,8-9H2,1-3H3,(H,17,19)(H,20,21). The van der Waals surface area contributed by atoms with Gasteiger partial charge in [0.05, 0.1) is 17.1 Å². The van der Waals surface area contributed by atoms with Crippen LogP contribution in [0.3, 0.4) is 0 Å². The molecule has 0 aliphatic carbocycles. The molecule has 3 atom stereocenters. The van der Waals surface area contributed by atoms with Crippen LogP contribution in [0.1, 0.15) is 31.1 Å². The monoisotopic (exact) mass is 370 g/mol. The number of amides is 1. The fourth-order valence-corrected chi connectivity index (χ4v) is 4.25. The maximum Gasteiger partial charge on any atom is 0.325 e. The molecule has 25 heavy (non-hydrogen) atoms. The lowest BCUT2D eigenvalue weighted by atomic mass is 10.2. The smallest absolute Gasteiger partial charge is 0.325 e. The summed E-state index contributed by atoms with van der Waals surface area (Å²) in [5.41, 5.74) is 0.0866. The van der Waals surface area contributed by atoms with Crippen molar-refractivity contribution in [3.63, 3.8) is 0 Å². The molecule has 138 valence electrons. The molecule has 1 fully saturated rings. The van der Waals surface area contributed by atoms with Crippen molar-refractivity contribution in [1.29, 1.82) is 0 Å². The van der Waals surface area contributed by atoms with Gasteiger partial charge in [0, 0.05) is 18.7 Å². The van der Waals surface area contributed by atoms with Crippen molar-refractivity contribution in [2.45, 2.75) is 43.9 Å². The number of benzene rings is 1. The van der Waals surface area contributed by atoms with Crippen molar-refractivity contribution in [2.24, 2.45) is 0 Å². The first-order valence-electron chi connectivity index (χ1n) is 7.90. The summed E-state index contributed by atoms with van der Waals surface area (Å²) in [6.07, 6.45) is -0.442. The molecule has 1 saturated heterocycles. The molecule has 9 heteroatoms. The van der Waals surface area contributed by atoms with Gasteiger partial charge in [-0.15, -0.1) is 0 Å². The van der Waals surface area contributed by atoms with Crippen LogP contribution in [0.4, 0.5) is 0 Å². The van der Waals surface area contributed by atoms with Gasteiger partial charge in [0.15, 0.2) is 0 Å². The number of carboxylic acid groups (broad SMARTS) is 1. The molecular formula is C16H22N2O6S. The zero-order valence-corrected chi connectivity index (χ0v) is 15.1. The third-order valence-electron chi connectivity index (χ3n) is 3.84. The van der Waals surface area contributed by atoms with Crippen molar-refractivity contribution >= 4 is 21.9 Å². The topological polar surface area (TPSA) is 113 Å². The zero-order chi connectivity index (χ0) is 18.8. The Kier molecular flexibility index (Phi) is 5.81. The number of carbonyl (C=O) groups excluding carboxylic acids is 1. The molecule has 1 aromatic carbocycles. The van der Waals surface area contributed by atoms with Gasteiger partial charge >= 0.3 is 5.97 Å². The fraction of sp³-hybridized carbons (Fsp3) is 0.500. The highest BCUT2D eigenvalue weighted by atomic mass is 32.2. The minimum Gasteiger partial charge on any atom is -0.480 e. The SMILES string of the molecule is CC1CN(S(=O)(=O)c2cccc(C(=O)NC(C)C(=O)O)c2)CC(C)O1. The lowest BCUT2D eigenvalue weighted by Crippen LogP contribution is -2.48. The number of carbonyl (C=O) groups is 2. The number of nitrogens with one attached hydrogen (secondary N) is 1. The Labute approximate surface area is 146 Å². The largest absolute Gasteiger partial charge is 0.480 e. The molecule has 0 spiro atoms. The second-order valence-corrected chi connectivity index (χ2v) is 8.08. The van der Waals surface area contributed by atoms with Gasteiger partial charge in [0.2, 0.25) is 10.0 Å². The number of ether oxygens (including phenoxy) is 1. The third-order valence-corrected chi connectivity index (χ3v) is 5.67. The molecule has 1 aromatic rings. The van der Waals surface area contributed by atoms with Gasteiger partial charge in [-0.3, -0.25) is 9.59 Å². The Hall–Kier alpha value is -1.97. The summed E-state index contributed by atoms with van der Waals surface area (Å²) in [5, 5.41) is 11.2. The van der Waals surface area contributed by atoms with Crippen molar-refractivity contribution in [1.82, 2.24) is 9.62 Å². The molecule has 1 aliphatic rings. The highest BCUT2D eigenvalue weighted by Gasteiger charge is 2.32. The summed E-state index contributed by atoms with van der Waals surface area (Å²) >= 11 is 0. The molecule has 0 aromatic heterocycles. The highest BCUT2D eigenvalue weighted by molar-refractivity contribution is 7.89. The van der Waals surface area contributed by atoms with Gasteiger partial charge in [-0.2, -0.15) is 4.31 Å². The van der Waals surface area contributed by atoms with Gasteiger partial charge in [0.1, 0.15) is 6.04 Å². The van der Waals surface area contributed by atoms with Gasteiger partial charge in [-0.1, -0.05) is 6.07 Å². The molecule has 2 rings (SSSR count). The lowest BCUT2D eigenvalue weighted by molar-refractivity contribution is -0.138. The minimum atomic E-state index is -3.77. The van der Waals surface area contributed by atoms with Crippen molar-refractivity contribution in [3.05, 3.63) is 29.8 Å². The van der Waals surface area contributed by atoms with Crippen LogP contribution < -0.4 is 5.32 Å². The average Bonchev–Trinajstić information content (AvgIpc) is 2.53. The van der Waals surface area contributed by atoms with E-state index in [4.69, 9.17) is 9.84 Å². The number of hydrogen-bond donors (Lipinski definition) is 2. The minimum absolute atomic E-state index is 0.00979. The molecule has 0 radical (unpaired) electrons. The Bertz CT molecular complexity index is 754. The maximum atomic E-state index is 12.8. The second kappa shape index (κ2) is 7.51. The first kappa shape index (κ1) is 19.4. The van der Waals surface area contributed by atoms with Crippen LogP contribution in [0.25, 0.3) is 0 Å². The Balaban J connectivity index is 2.25. The molecule has 1 heterocycles. The second-order valence-electron chi connectivity index (χ2n) is 6.14. The van der Waals surface area contributed by atoms with Crippen LogP contribution >= 0.6 is 0 Å². The van der Waals surface area contributed by atoms with E-state index in [2.05, 4.69) is 5.32 Å². The molecule has 1 amide bonds. The predicted molar refractivity (Wildman–Crippen MR) is 89.8 cm³/mol. The number of hydrogen-bond acceptors (Lipinski definition) is 5. The number of carboxylic acids is 1. The lowest BCUT2D eigenvalue weighted by Gasteiger charge is -2.34. The number of rotatable bonds is 5. The summed E-state index contributed by atoms with van der Waals surface area (Å²) in [4.78, 5) is 22.9. The quantitative estimate of drug-likeness (QED) is 0.788. The predicted octanol–water partition coefficient (Wildman–Crippen LogP) is 0.687. The molecule has 3 unspecified atom stereocenters. The Morgan fingerprint density at radius 1 is 1.28 bits per heavy atom. The molecule has 0 saturated carbocycles. The van der Waals surface area contributed by atoms with Crippen LogP contribution in [0, 0.1) is 0 Å². The molecule has 8 nitrogen and oxygen atoms in total. The van der Waals surface area contributed by atoms with Gasteiger partial charge < -0.3 is 15.2 Å². The zero-order valence-electron chi connectivity index (χ0n) is 14.3. The van der Waals surface area contributed by atoms with Crippen LogP contribution in [0.5, 0.6) is 0 Å². The van der Waals surface area contributed by atoms with Crippen molar-refractivity contribution in [2.75, 3.05) is 13.1 Å². The summed E-state index contributed by atoms with van der Waals surface area (Å²) in [6.45, 7) is 5.40. The highest BCUT2D eigenvalue weighted by Crippen LogP contribution is 2.22. The van der Waals surface area contributed by atoms with E-state index >= 15 is 0 Å². The molecule has 0 bridgehead atoms.